The first-order chi connectivity index (χ1) is 11.2. The number of aliphatic carboxylic acids is 1. The molecule has 0 bridgehead atoms. The normalized spacial score (nSPS) is 11.4. The summed E-state index contributed by atoms with van der Waals surface area (Å²) in [5.41, 5.74) is 0.825. The van der Waals surface area contributed by atoms with Crippen LogP contribution in [0.1, 0.15) is 20.8 Å². The van der Waals surface area contributed by atoms with Gasteiger partial charge >= 0.3 is 29.6 Å². The maximum Gasteiger partial charge on any atom is 1.00 e. The molecule has 0 aromatic heterocycles. The molecule has 1 amide bonds. The molecule has 25 heavy (non-hydrogen) atoms. The number of carbonyl (C=O) groups is 2. The molecule has 0 saturated carbocycles. The third-order valence-corrected chi connectivity index (χ3v) is 5.72. The minimum atomic E-state index is -1.25. The van der Waals surface area contributed by atoms with Crippen molar-refractivity contribution in [1.29, 1.82) is 0 Å². The molecular formula is C15H17I3NNaO5. The molecule has 0 aliphatic carbocycles. The molecule has 10 heteroatoms. The number of benzene rings is 1. The largest absolute Gasteiger partial charge is 1.00 e. The van der Waals surface area contributed by atoms with Gasteiger partial charge in [0.1, 0.15) is 12.4 Å². The molecule has 1 aromatic rings. The molecule has 1 atom stereocenters. The molecule has 0 aliphatic heterocycles. The molecule has 0 aliphatic rings. The van der Waals surface area contributed by atoms with Crippen LogP contribution in [-0.2, 0) is 14.3 Å². The SMILES string of the molecule is CCN(C(C)=O)c1c(I)cc(I)c(OCCOC(C)C(=O)[O-])c1I.[Na+]. The number of ether oxygens (including phenoxy) is 2. The number of nitrogens with zero attached hydrogens (tertiary/aromatic N) is 1. The summed E-state index contributed by atoms with van der Waals surface area (Å²) < 4.78 is 13.6. The summed E-state index contributed by atoms with van der Waals surface area (Å²) in [4.78, 5) is 24.2. The zero-order valence-corrected chi connectivity index (χ0v) is 22.9. The minimum Gasteiger partial charge on any atom is -0.547 e. The Morgan fingerprint density at radius 1 is 1.24 bits per heavy atom. The molecule has 134 valence electrons. The molecule has 0 spiro atoms. The molecule has 1 aromatic carbocycles. The van der Waals surface area contributed by atoms with Crippen LogP contribution in [0.5, 0.6) is 5.75 Å². The van der Waals surface area contributed by atoms with Crippen LogP contribution in [0.4, 0.5) is 5.69 Å². The van der Waals surface area contributed by atoms with Crippen LogP contribution in [0.25, 0.3) is 0 Å². The van der Waals surface area contributed by atoms with E-state index in [1.165, 1.54) is 13.8 Å². The number of anilines is 1. The van der Waals surface area contributed by atoms with Gasteiger partial charge in [0.25, 0.3) is 0 Å². The van der Waals surface area contributed by atoms with E-state index in [0.29, 0.717) is 12.3 Å². The van der Waals surface area contributed by atoms with Crippen molar-refractivity contribution in [3.63, 3.8) is 0 Å². The summed E-state index contributed by atoms with van der Waals surface area (Å²) in [6.45, 7) is 5.76. The van der Waals surface area contributed by atoms with E-state index in [1.807, 2.05) is 13.0 Å². The Hall–Kier alpha value is 1.11. The second-order valence-corrected chi connectivity index (χ2v) is 8.18. The van der Waals surface area contributed by atoms with E-state index < -0.39 is 12.1 Å². The summed E-state index contributed by atoms with van der Waals surface area (Å²) in [5, 5.41) is 10.6. The molecule has 0 fully saturated rings. The van der Waals surface area contributed by atoms with Crippen molar-refractivity contribution in [3.8, 4) is 5.75 Å². The van der Waals surface area contributed by atoms with E-state index in [0.717, 1.165) is 16.4 Å². The van der Waals surface area contributed by atoms with Gasteiger partial charge in [-0.1, -0.05) is 0 Å². The minimum absolute atomic E-state index is 0. The Morgan fingerprint density at radius 2 is 1.84 bits per heavy atom. The topological polar surface area (TPSA) is 78.9 Å². The van der Waals surface area contributed by atoms with Gasteiger partial charge in [-0.25, -0.2) is 0 Å². The number of hydrogen-bond acceptors (Lipinski definition) is 5. The van der Waals surface area contributed by atoms with Gasteiger partial charge in [-0.2, -0.15) is 0 Å². The van der Waals surface area contributed by atoms with Crippen LogP contribution >= 0.6 is 67.8 Å². The maximum absolute atomic E-state index is 11.9. The monoisotopic (exact) mass is 695 g/mol. The summed E-state index contributed by atoms with van der Waals surface area (Å²) >= 11 is 6.55. The number of carboxylic acid groups (broad SMARTS) is 1. The number of hydrogen-bond donors (Lipinski definition) is 0. The zero-order valence-electron chi connectivity index (χ0n) is 14.4. The van der Waals surface area contributed by atoms with Crippen LogP contribution in [0.3, 0.4) is 0 Å². The summed E-state index contributed by atoms with van der Waals surface area (Å²) in [5.74, 6) is -0.626. The average Bonchev–Trinajstić information content (AvgIpc) is 2.49. The zero-order chi connectivity index (χ0) is 18.4. The third kappa shape index (κ3) is 7.56. The predicted molar refractivity (Wildman–Crippen MR) is 114 cm³/mol. The first kappa shape index (κ1) is 26.1. The van der Waals surface area contributed by atoms with Crippen molar-refractivity contribution in [1.82, 2.24) is 0 Å². The Kier molecular flexibility index (Phi) is 13.1. The molecule has 6 nitrogen and oxygen atoms in total. The van der Waals surface area contributed by atoms with Crippen molar-refractivity contribution in [2.75, 3.05) is 24.7 Å². The maximum atomic E-state index is 11.9. The van der Waals surface area contributed by atoms with Gasteiger partial charge in [-0.3, -0.25) is 4.79 Å². The van der Waals surface area contributed by atoms with Gasteiger partial charge in [-0.05, 0) is 87.7 Å². The first-order valence-electron chi connectivity index (χ1n) is 7.11. The predicted octanol–water partition coefficient (Wildman–Crippen LogP) is -0.589. The van der Waals surface area contributed by atoms with Gasteiger partial charge in [0.2, 0.25) is 5.91 Å². The van der Waals surface area contributed by atoms with Gasteiger partial charge in [0.15, 0.2) is 0 Å². The number of halogens is 3. The van der Waals surface area contributed by atoms with Gasteiger partial charge < -0.3 is 24.3 Å². The van der Waals surface area contributed by atoms with Gasteiger partial charge in [-0.15, -0.1) is 0 Å². The van der Waals surface area contributed by atoms with Crippen molar-refractivity contribution in [2.45, 2.75) is 26.9 Å². The number of carbonyl (C=O) groups excluding carboxylic acids is 2. The van der Waals surface area contributed by atoms with Crippen LogP contribution in [0, 0.1) is 10.7 Å². The Balaban J connectivity index is 0.00000576. The van der Waals surface area contributed by atoms with E-state index in [-0.39, 0.29) is 48.7 Å². The van der Waals surface area contributed by atoms with Crippen LogP contribution in [0.2, 0.25) is 0 Å². The fourth-order valence-electron chi connectivity index (χ4n) is 1.92. The number of rotatable bonds is 8. The van der Waals surface area contributed by atoms with E-state index in [1.54, 1.807) is 4.90 Å². The molecule has 0 N–H and O–H groups in total. The second-order valence-electron chi connectivity index (χ2n) is 4.78. The average molecular weight is 695 g/mol. The molecular weight excluding hydrogens is 678 g/mol. The van der Waals surface area contributed by atoms with E-state index in [4.69, 9.17) is 9.47 Å². The Bertz CT molecular complexity index is 630. The van der Waals surface area contributed by atoms with Crippen molar-refractivity contribution in [3.05, 3.63) is 16.8 Å². The molecule has 0 saturated heterocycles. The summed E-state index contributed by atoms with van der Waals surface area (Å²) in [6, 6.07) is 1.95. The van der Waals surface area contributed by atoms with Crippen LogP contribution < -0.4 is 44.3 Å². The van der Waals surface area contributed by atoms with Crippen molar-refractivity contribution in [2.24, 2.45) is 0 Å². The molecule has 1 rings (SSSR count). The quantitative estimate of drug-likeness (QED) is 0.207. The Morgan fingerprint density at radius 3 is 2.32 bits per heavy atom. The molecule has 1 unspecified atom stereocenters. The fourth-order valence-corrected chi connectivity index (χ4v) is 6.18. The number of carboxylic acids is 1. The Labute approximate surface area is 210 Å². The summed E-state index contributed by atoms with van der Waals surface area (Å²) in [6.07, 6.45) is -0.979. The van der Waals surface area contributed by atoms with E-state index in [9.17, 15) is 14.7 Å². The van der Waals surface area contributed by atoms with E-state index in [2.05, 4.69) is 67.8 Å². The van der Waals surface area contributed by atoms with Gasteiger partial charge in [0, 0.05) is 17.0 Å². The first-order valence-corrected chi connectivity index (χ1v) is 10.3. The van der Waals surface area contributed by atoms with E-state index >= 15 is 0 Å². The number of amides is 1. The smallest absolute Gasteiger partial charge is 0.547 e. The molecule has 0 radical (unpaired) electrons. The van der Waals surface area contributed by atoms with Crippen molar-refractivity contribution >= 4 is 85.3 Å². The summed E-state index contributed by atoms with van der Waals surface area (Å²) in [7, 11) is 0. The van der Waals surface area contributed by atoms with Crippen LogP contribution in [-0.4, -0.2) is 37.7 Å². The third-order valence-electron chi connectivity index (χ3n) is 3.10. The second kappa shape index (κ2) is 12.5. The van der Waals surface area contributed by atoms with Gasteiger partial charge in [0.05, 0.1) is 31.5 Å². The fraction of sp³-hybridized carbons (Fsp3) is 0.467. The molecule has 0 heterocycles. The standard InChI is InChI=1S/C15H18I3NO5.Na/c1-4-19(9(3)20)13-10(16)7-11(17)14(12(13)18)24-6-5-23-8(2)15(21)22;/h7-8H,4-6H2,1-3H3,(H,21,22);/q;+1/p-1. The van der Waals surface area contributed by atoms with Crippen molar-refractivity contribution < 1.29 is 53.7 Å². The van der Waals surface area contributed by atoms with Crippen LogP contribution in [0.15, 0.2) is 6.07 Å².